The molecule has 0 bridgehead atoms. The summed E-state index contributed by atoms with van der Waals surface area (Å²) in [6, 6.07) is 70.1. The molecule has 4 aromatic heterocycles. The molecule has 0 radical (unpaired) electrons. The quantitative estimate of drug-likeness (QED) is 0.0103. The molecule has 0 amide bonds. The maximum Gasteiger partial charge on any atom is 1.00 e. The zero-order chi connectivity index (χ0) is 92.3. The van der Waals surface area contributed by atoms with Crippen LogP contribution in [0.4, 0.5) is 0 Å². The molecule has 0 atom stereocenters. The Labute approximate surface area is 808 Å². The average Bonchev–Trinajstić information content (AvgIpc) is 1.67. The monoisotopic (exact) mass is 2020 g/mol. The van der Waals surface area contributed by atoms with Crippen LogP contribution in [0.1, 0.15) is 127 Å². The second-order valence-corrected chi connectivity index (χ2v) is 33.0. The maximum absolute atomic E-state index is 12.0. The minimum absolute atomic E-state index is 0. The Morgan fingerprint density at radius 3 is 1.06 bits per heavy atom. The van der Waals surface area contributed by atoms with Gasteiger partial charge in [0.15, 0.2) is 0 Å². The normalized spacial score (nSPS) is 10.5. The number of halogens is 3. The number of esters is 3. The number of phenolic OH excluding ortho intramolecular Hbond substituents is 1. The first kappa shape index (κ1) is 107. The Hall–Kier alpha value is -11.2. The summed E-state index contributed by atoms with van der Waals surface area (Å²) in [5.74, 6) is 3.95. The first-order valence-electron chi connectivity index (χ1n) is 41.8. The number of aliphatic carboxylic acids is 1. The summed E-state index contributed by atoms with van der Waals surface area (Å²) < 4.78 is 58.6. The Morgan fingerprint density at radius 1 is 0.382 bits per heavy atom. The number of carbonyl (C=O) groups excluding carboxylic acids is 3. The van der Waals surface area contributed by atoms with E-state index < -0.39 is 13.1 Å². The Kier molecular flexibility index (Phi) is 42.5. The summed E-state index contributed by atoms with van der Waals surface area (Å²) in [7, 11) is -1.40. The number of nitrogens with two attached hydrogens (primary N) is 3. The molecule has 11 aromatic carbocycles. The van der Waals surface area contributed by atoms with Crippen LogP contribution in [0.5, 0.6) is 23.0 Å². The van der Waals surface area contributed by atoms with E-state index in [2.05, 4.69) is 99.8 Å². The molecule has 0 saturated carbocycles. The van der Waals surface area contributed by atoms with Crippen molar-refractivity contribution in [1.82, 2.24) is 0 Å². The van der Waals surface area contributed by atoms with E-state index in [4.69, 9.17) is 78.4 Å². The largest absolute Gasteiger partial charge is 1.00 e. The van der Waals surface area contributed by atoms with Crippen molar-refractivity contribution in [2.45, 2.75) is 148 Å². The van der Waals surface area contributed by atoms with Crippen LogP contribution in [0.15, 0.2) is 236 Å². The van der Waals surface area contributed by atoms with Gasteiger partial charge in [-0.15, -0.1) is 12.4 Å². The van der Waals surface area contributed by atoms with Gasteiger partial charge in [-0.25, -0.2) is 0 Å². The third-order valence-corrected chi connectivity index (χ3v) is 21.7. The molecule has 0 unspecified atom stereocenters. The minimum Gasteiger partial charge on any atom is -0.870 e. The van der Waals surface area contributed by atoms with E-state index in [1.54, 1.807) is 51.1 Å². The van der Waals surface area contributed by atoms with E-state index in [1.807, 2.05) is 189 Å². The zero-order valence-corrected chi connectivity index (χ0v) is 80.7. The Bertz CT molecular complexity index is 6360. The predicted octanol–water partition coefficient (Wildman–Crippen LogP) is 17.3. The van der Waals surface area contributed by atoms with Crippen molar-refractivity contribution < 1.29 is 115 Å². The number of carboxylic acid groups (broad SMARTS) is 1. The minimum atomic E-state index is -1.40. The van der Waals surface area contributed by atoms with Crippen LogP contribution in [0.2, 0.25) is 0 Å². The van der Waals surface area contributed by atoms with Gasteiger partial charge in [0.05, 0.1) is 59.3 Å². The molecule has 0 saturated heterocycles. The summed E-state index contributed by atoms with van der Waals surface area (Å²) in [4.78, 5) is 46.2. The number of fused-ring (bicyclic) bond motifs is 4. The van der Waals surface area contributed by atoms with E-state index in [9.17, 15) is 29.4 Å². The molecule has 23 nitrogen and oxygen atoms in total. The van der Waals surface area contributed by atoms with E-state index in [0.717, 1.165) is 174 Å². The van der Waals surface area contributed by atoms with Gasteiger partial charge in [-0.05, 0) is 308 Å². The van der Waals surface area contributed by atoms with Crippen LogP contribution in [0.25, 0.3) is 66.1 Å². The van der Waals surface area contributed by atoms with Crippen molar-refractivity contribution in [3.63, 3.8) is 0 Å². The Balaban J connectivity index is 0.000000223. The zero-order valence-electron chi connectivity index (χ0n) is 75.6. The van der Waals surface area contributed by atoms with Crippen LogP contribution in [0.3, 0.4) is 0 Å². The molecule has 4 heterocycles. The van der Waals surface area contributed by atoms with Crippen LogP contribution < -0.4 is 55.7 Å². The number of rotatable bonds is 27. The molecule has 0 fully saturated rings. The van der Waals surface area contributed by atoms with Crippen LogP contribution in [-0.2, 0) is 105 Å². The molecule has 28 heteroatoms. The number of benzene rings is 11. The molecule has 0 aliphatic rings. The van der Waals surface area contributed by atoms with Crippen molar-refractivity contribution in [2.24, 2.45) is 17.2 Å². The summed E-state index contributed by atoms with van der Waals surface area (Å²) in [5.41, 5.74) is 39.2. The molecular weight excluding hydrogens is 1910 g/mol. The van der Waals surface area contributed by atoms with Gasteiger partial charge in [0.25, 0.3) is 0 Å². The van der Waals surface area contributed by atoms with Crippen molar-refractivity contribution >= 4 is 138 Å². The molecule has 0 spiro atoms. The fourth-order valence-electron chi connectivity index (χ4n) is 14.1. The third kappa shape index (κ3) is 31.5. The van der Waals surface area contributed by atoms with E-state index >= 15 is 0 Å². The molecular formula is C103H110BClI2LiN3O20. The van der Waals surface area contributed by atoms with Gasteiger partial charge in [0.2, 0.25) is 0 Å². The van der Waals surface area contributed by atoms with Gasteiger partial charge in [-0.3, -0.25) is 19.2 Å². The average molecular weight is 2020 g/mol. The Morgan fingerprint density at radius 2 is 0.702 bits per heavy atom. The van der Waals surface area contributed by atoms with Crippen molar-refractivity contribution in [3.05, 3.63) is 332 Å². The van der Waals surface area contributed by atoms with Crippen molar-refractivity contribution in [1.29, 1.82) is 0 Å². The van der Waals surface area contributed by atoms with Gasteiger partial charge in [-0.1, -0.05) is 109 Å². The van der Waals surface area contributed by atoms with Crippen LogP contribution in [0, 0.1) is 62.5 Å². The summed E-state index contributed by atoms with van der Waals surface area (Å²) in [6.45, 7) is 24.6. The SMILES string of the molecule is CCOC(=O)Cc1ccc(C)cc1O.CCOC(=O)Cc1ccc(C)cc1OCc1cc(-c2cccc(CN)c2)c2oc(C)cc2c1.CCOC(=O)Cc1ccc(C)cc1OCc1cc(I)c2oc(C)cc2c1.Cc1cc2cc(CO)cc(I)c2o1.Cc1ccc(CC(=O)O)c(OCc2cc(-c3cccc(CN)c3)c3oc(C)cc3c2)c1.Cl.NCc1cccc(B(O)O)c1.[Li+].[OH-]. The molecule has 15 rings (SSSR count). The van der Waals surface area contributed by atoms with Crippen molar-refractivity contribution in [2.75, 3.05) is 19.8 Å². The topological polar surface area (TPSA) is 385 Å². The maximum atomic E-state index is 12.0. The number of carboxylic acids is 1. The summed E-state index contributed by atoms with van der Waals surface area (Å²) in [5, 5.41) is 49.4. The van der Waals surface area contributed by atoms with Crippen LogP contribution >= 0.6 is 57.6 Å². The van der Waals surface area contributed by atoms with E-state index in [-0.39, 0.29) is 92.7 Å². The number of furan rings is 4. The number of aromatic hydroxyl groups is 1. The second-order valence-electron chi connectivity index (χ2n) is 30.7. The van der Waals surface area contributed by atoms with Crippen LogP contribution in [-0.4, -0.2) is 81.7 Å². The smallest absolute Gasteiger partial charge is 0.870 e. The first-order chi connectivity index (χ1) is 61.4. The fourth-order valence-corrected chi connectivity index (χ4v) is 15.7. The fraction of sp³-hybridized carbons (Fsp3) is 0.243. The number of phenols is 1. The number of carbonyl (C=O) groups is 4. The second kappa shape index (κ2) is 52.1. The van der Waals surface area contributed by atoms with Gasteiger partial charge < -0.3 is 94.1 Å². The van der Waals surface area contributed by atoms with Gasteiger partial charge in [0.1, 0.15) is 88.2 Å². The molecule has 0 aliphatic carbocycles. The van der Waals surface area contributed by atoms with Gasteiger partial charge >= 0.3 is 49.9 Å². The first-order valence-corrected chi connectivity index (χ1v) is 44.0. The molecule has 0 aliphatic heterocycles. The molecule has 131 heavy (non-hydrogen) atoms. The van der Waals surface area contributed by atoms with Gasteiger partial charge in [0, 0.05) is 74.6 Å². The number of aliphatic hydroxyl groups is 1. The predicted molar refractivity (Wildman–Crippen MR) is 527 cm³/mol. The summed E-state index contributed by atoms with van der Waals surface area (Å²) >= 11 is 4.49. The number of hydrogen-bond donors (Lipinski definition) is 8. The number of aliphatic hydroxyl groups excluding tert-OH is 1. The molecule has 15 aromatic rings. The molecule has 682 valence electrons. The number of aryl methyl sites for hydroxylation is 8. The van der Waals surface area contributed by atoms with Gasteiger partial charge in [-0.2, -0.15) is 0 Å². The number of hydrogen-bond acceptors (Lipinski definition) is 22. The summed E-state index contributed by atoms with van der Waals surface area (Å²) in [6.07, 6.45) is 0.439. The van der Waals surface area contributed by atoms with E-state index in [1.165, 1.54) is 0 Å². The van der Waals surface area contributed by atoms with Crippen molar-refractivity contribution in [3.8, 4) is 45.3 Å². The van der Waals surface area contributed by atoms with E-state index in [0.29, 0.717) is 87.4 Å². The standard InChI is InChI=1S/C28H29NO4.C26H25NO4.C21H21IO4.C11H14O3.C10H9IO2.C7H10BNO2.ClH.Li.H2O/c1-4-31-27(30)15-23-9-8-18(2)10-26(23)32-17-21-13-24-11-19(3)33-28(24)25(14-21)22-7-5-6-20(12-22)16-29;1-16-6-7-21(13-25(28)29)24(8-16)30-15-19-11-22-9-17(2)31-26(22)23(12-19)20-5-3-4-18(10-20)14-27;1-4-24-20(23)11-16-6-5-13(2)7-19(16)25-12-15-9-17-8-14(3)26-21(17)18(22)10-15;1-3-14-11(13)7-9-5-4-8(2)6-10(9)12;1-6-2-8-3-7(5-12)4-9(11)10(8)13-6;9-5-6-2-1-3-7(4-6)8(10)11;;;/h5-14H,4,15-17,29H2,1-3H3;3-12H,13-15,27H2,1-2H3,(H,28,29);5-10H,4,11-12H2,1-3H3;4-6,12H,3,7H2,1-2H3;2-4,12H,5H2,1H3;1-4,10-11H,5,9H2;1H;;1H2/q;;;;;;;+1;/p-1. The molecule has 12 N–H and O–H groups in total. The third-order valence-electron chi connectivity index (χ3n) is 20.1. The number of ether oxygens (including phenoxy) is 6.